The summed E-state index contributed by atoms with van der Waals surface area (Å²) in [6, 6.07) is 14.4. The molecule has 0 aliphatic carbocycles. The van der Waals surface area contributed by atoms with Crippen LogP contribution in [0.15, 0.2) is 36.4 Å². The molecule has 0 fully saturated rings. The first-order chi connectivity index (χ1) is 10.1. The second-order valence-electron chi connectivity index (χ2n) is 5.13. The maximum atomic E-state index is 8.99. The minimum absolute atomic E-state index is 0.679. The fourth-order valence-corrected chi connectivity index (χ4v) is 3.34. The lowest BCUT2D eigenvalue weighted by molar-refractivity contribution is 0.411. The summed E-state index contributed by atoms with van der Waals surface area (Å²) in [5, 5.41) is 8.99. The van der Waals surface area contributed by atoms with Gasteiger partial charge in [0.1, 0.15) is 5.75 Å². The number of hydrogen-bond donors (Lipinski definition) is 0. The molecule has 0 spiro atoms. The molecule has 0 aliphatic heterocycles. The van der Waals surface area contributed by atoms with Crippen molar-refractivity contribution in [1.29, 1.82) is 5.26 Å². The van der Waals surface area contributed by atoms with E-state index in [1.807, 2.05) is 23.9 Å². The van der Waals surface area contributed by atoms with Gasteiger partial charge in [-0.15, -0.1) is 0 Å². The van der Waals surface area contributed by atoms with Crippen LogP contribution < -0.4 is 4.74 Å². The Morgan fingerprint density at radius 3 is 2.38 bits per heavy atom. The standard InChI is InChI=1S/C18H19NOS/c1-13-6-14(2)8-16(7-13)11-21-12-17-9-15(10-19)4-5-18(17)20-3/h4-9H,11-12H2,1-3H3. The molecule has 0 unspecified atom stereocenters. The highest BCUT2D eigenvalue weighted by molar-refractivity contribution is 7.97. The average Bonchev–Trinajstić information content (AvgIpc) is 2.46. The third-order valence-electron chi connectivity index (χ3n) is 3.22. The van der Waals surface area contributed by atoms with Gasteiger partial charge in [0.2, 0.25) is 0 Å². The van der Waals surface area contributed by atoms with Crippen LogP contribution in [0.1, 0.15) is 27.8 Å². The molecule has 2 aromatic rings. The van der Waals surface area contributed by atoms with Crippen LogP contribution in [0.2, 0.25) is 0 Å². The van der Waals surface area contributed by atoms with Gasteiger partial charge >= 0.3 is 0 Å². The molecule has 0 atom stereocenters. The number of rotatable bonds is 5. The van der Waals surface area contributed by atoms with E-state index in [0.717, 1.165) is 22.8 Å². The number of methoxy groups -OCH3 is 1. The van der Waals surface area contributed by atoms with Crippen molar-refractivity contribution in [2.45, 2.75) is 25.4 Å². The third-order valence-corrected chi connectivity index (χ3v) is 4.27. The van der Waals surface area contributed by atoms with Crippen LogP contribution in [0.5, 0.6) is 5.75 Å². The van der Waals surface area contributed by atoms with Gasteiger partial charge in [-0.1, -0.05) is 29.3 Å². The number of hydrogen-bond acceptors (Lipinski definition) is 3. The number of aryl methyl sites for hydroxylation is 2. The van der Waals surface area contributed by atoms with Gasteiger partial charge in [-0.2, -0.15) is 17.0 Å². The molecule has 0 saturated carbocycles. The fourth-order valence-electron chi connectivity index (χ4n) is 2.39. The van der Waals surface area contributed by atoms with E-state index in [4.69, 9.17) is 10.00 Å². The maximum Gasteiger partial charge on any atom is 0.122 e. The lowest BCUT2D eigenvalue weighted by Crippen LogP contribution is -1.92. The highest BCUT2D eigenvalue weighted by Crippen LogP contribution is 2.26. The Morgan fingerprint density at radius 2 is 1.76 bits per heavy atom. The van der Waals surface area contributed by atoms with Crippen LogP contribution in [0.25, 0.3) is 0 Å². The van der Waals surface area contributed by atoms with Crippen molar-refractivity contribution in [3.8, 4) is 11.8 Å². The lowest BCUT2D eigenvalue weighted by atomic mass is 10.1. The zero-order valence-corrected chi connectivity index (χ0v) is 13.5. The summed E-state index contributed by atoms with van der Waals surface area (Å²) in [4.78, 5) is 0. The van der Waals surface area contributed by atoms with Crippen molar-refractivity contribution < 1.29 is 4.74 Å². The van der Waals surface area contributed by atoms with Gasteiger partial charge in [0.15, 0.2) is 0 Å². The molecule has 2 rings (SSSR count). The van der Waals surface area contributed by atoms with Gasteiger partial charge in [-0.05, 0) is 37.6 Å². The molecule has 2 nitrogen and oxygen atoms in total. The van der Waals surface area contributed by atoms with E-state index in [-0.39, 0.29) is 0 Å². The Kier molecular flexibility index (Phi) is 5.30. The molecule has 0 N–H and O–H groups in total. The van der Waals surface area contributed by atoms with E-state index in [9.17, 15) is 0 Å². The van der Waals surface area contributed by atoms with E-state index < -0.39 is 0 Å². The minimum Gasteiger partial charge on any atom is -0.496 e. The average molecular weight is 297 g/mol. The van der Waals surface area contributed by atoms with E-state index in [2.05, 4.69) is 38.1 Å². The molecule has 0 aliphatic rings. The second kappa shape index (κ2) is 7.19. The van der Waals surface area contributed by atoms with Gasteiger partial charge in [0, 0.05) is 17.1 Å². The normalized spacial score (nSPS) is 10.2. The largest absolute Gasteiger partial charge is 0.496 e. The summed E-state index contributed by atoms with van der Waals surface area (Å²) in [6.07, 6.45) is 0. The van der Waals surface area contributed by atoms with Gasteiger partial charge in [-0.3, -0.25) is 0 Å². The lowest BCUT2D eigenvalue weighted by Gasteiger charge is -2.09. The highest BCUT2D eigenvalue weighted by atomic mass is 32.2. The van der Waals surface area contributed by atoms with Crippen molar-refractivity contribution in [3.05, 3.63) is 64.2 Å². The second-order valence-corrected chi connectivity index (χ2v) is 6.11. The molecule has 0 saturated heterocycles. The van der Waals surface area contributed by atoms with Crippen molar-refractivity contribution in [1.82, 2.24) is 0 Å². The first kappa shape index (κ1) is 15.5. The topological polar surface area (TPSA) is 33.0 Å². The van der Waals surface area contributed by atoms with Crippen LogP contribution in [0.3, 0.4) is 0 Å². The van der Waals surface area contributed by atoms with E-state index in [1.54, 1.807) is 13.2 Å². The number of nitrogens with zero attached hydrogens (tertiary/aromatic N) is 1. The fraction of sp³-hybridized carbons (Fsp3) is 0.278. The van der Waals surface area contributed by atoms with Crippen LogP contribution in [0, 0.1) is 25.2 Å². The molecule has 21 heavy (non-hydrogen) atoms. The molecule has 0 heterocycles. The van der Waals surface area contributed by atoms with Crippen molar-refractivity contribution in [2.24, 2.45) is 0 Å². The number of benzene rings is 2. The molecule has 0 bridgehead atoms. The number of thioether (sulfide) groups is 1. The Balaban J connectivity index is 2.04. The summed E-state index contributed by atoms with van der Waals surface area (Å²) < 4.78 is 5.36. The van der Waals surface area contributed by atoms with E-state index in [1.165, 1.54) is 16.7 Å². The summed E-state index contributed by atoms with van der Waals surface area (Å²) in [6.45, 7) is 4.25. The van der Waals surface area contributed by atoms with Gasteiger partial charge in [0.25, 0.3) is 0 Å². The quantitative estimate of drug-likeness (QED) is 0.807. The molecule has 2 aromatic carbocycles. The molecule has 0 radical (unpaired) electrons. The molecular weight excluding hydrogens is 278 g/mol. The maximum absolute atomic E-state index is 8.99. The summed E-state index contributed by atoms with van der Waals surface area (Å²) in [7, 11) is 1.67. The van der Waals surface area contributed by atoms with Crippen LogP contribution >= 0.6 is 11.8 Å². The van der Waals surface area contributed by atoms with Crippen LogP contribution in [-0.2, 0) is 11.5 Å². The molecule has 0 amide bonds. The number of ether oxygens (including phenoxy) is 1. The zero-order valence-electron chi connectivity index (χ0n) is 12.6. The smallest absolute Gasteiger partial charge is 0.122 e. The predicted molar refractivity (Wildman–Crippen MR) is 88.6 cm³/mol. The van der Waals surface area contributed by atoms with Crippen LogP contribution in [0.4, 0.5) is 0 Å². The Morgan fingerprint density at radius 1 is 1.05 bits per heavy atom. The van der Waals surface area contributed by atoms with Crippen molar-refractivity contribution >= 4 is 11.8 Å². The van der Waals surface area contributed by atoms with Gasteiger partial charge in [-0.25, -0.2) is 0 Å². The Bertz CT molecular complexity index is 653. The molecular formula is C18H19NOS. The molecule has 0 aromatic heterocycles. The highest BCUT2D eigenvalue weighted by Gasteiger charge is 2.05. The first-order valence-electron chi connectivity index (χ1n) is 6.84. The van der Waals surface area contributed by atoms with E-state index in [0.29, 0.717) is 5.56 Å². The SMILES string of the molecule is COc1ccc(C#N)cc1CSCc1cc(C)cc(C)c1. The van der Waals surface area contributed by atoms with E-state index >= 15 is 0 Å². The Hall–Kier alpha value is -1.92. The van der Waals surface area contributed by atoms with Gasteiger partial charge < -0.3 is 4.74 Å². The first-order valence-corrected chi connectivity index (χ1v) is 8.00. The third kappa shape index (κ3) is 4.27. The Labute approximate surface area is 130 Å². The predicted octanol–water partition coefficient (Wildman–Crippen LogP) is 4.62. The molecule has 108 valence electrons. The minimum atomic E-state index is 0.679. The van der Waals surface area contributed by atoms with Crippen LogP contribution in [-0.4, -0.2) is 7.11 Å². The van der Waals surface area contributed by atoms with Gasteiger partial charge in [0.05, 0.1) is 18.7 Å². The summed E-state index contributed by atoms with van der Waals surface area (Å²) in [5.41, 5.74) is 5.70. The summed E-state index contributed by atoms with van der Waals surface area (Å²) in [5.74, 6) is 2.65. The van der Waals surface area contributed by atoms with Crippen molar-refractivity contribution in [2.75, 3.05) is 7.11 Å². The summed E-state index contributed by atoms with van der Waals surface area (Å²) >= 11 is 1.84. The molecule has 3 heteroatoms. The van der Waals surface area contributed by atoms with Crippen molar-refractivity contribution in [3.63, 3.8) is 0 Å². The number of nitriles is 1. The monoisotopic (exact) mass is 297 g/mol. The zero-order chi connectivity index (χ0) is 15.2.